The van der Waals surface area contributed by atoms with Gasteiger partial charge in [0.25, 0.3) is 5.91 Å². The summed E-state index contributed by atoms with van der Waals surface area (Å²) in [7, 11) is 0. The Morgan fingerprint density at radius 1 is 1.43 bits per heavy atom. The fourth-order valence-electron chi connectivity index (χ4n) is 2.45. The number of amides is 1. The molecular weight excluding hydrogens is 334 g/mol. The molecule has 1 aliphatic rings. The predicted octanol–water partition coefficient (Wildman–Crippen LogP) is 3.90. The number of carbonyl (C=O) groups excluding carboxylic acids is 2. The number of benzene rings is 1. The summed E-state index contributed by atoms with van der Waals surface area (Å²) in [6.07, 6.45) is 0.491. The van der Waals surface area contributed by atoms with Gasteiger partial charge in [-0.3, -0.25) is 14.5 Å². The zero-order valence-corrected chi connectivity index (χ0v) is 14.1. The summed E-state index contributed by atoms with van der Waals surface area (Å²) in [5.74, 6) is -0.0311. The highest BCUT2D eigenvalue weighted by Crippen LogP contribution is 2.36. The summed E-state index contributed by atoms with van der Waals surface area (Å²) in [5, 5.41) is 0. The van der Waals surface area contributed by atoms with Gasteiger partial charge in [0.2, 0.25) is 6.23 Å². The standard InChI is InChI=1S/C16H20BrNO3/c1-4-5-14(19)21-16-13-8-11(17)6-7-12(13)15(20)18(16)9-10(2)3/h6-8,10,16H,4-5,9H2,1-3H3. The number of carbonyl (C=O) groups is 2. The number of nitrogens with zero attached hydrogens (tertiary/aromatic N) is 1. The average Bonchev–Trinajstić information content (AvgIpc) is 2.64. The lowest BCUT2D eigenvalue weighted by molar-refractivity contribution is -0.157. The van der Waals surface area contributed by atoms with Crippen molar-refractivity contribution in [2.75, 3.05) is 6.54 Å². The zero-order valence-electron chi connectivity index (χ0n) is 12.6. The number of hydrogen-bond donors (Lipinski definition) is 0. The number of halogens is 1. The summed E-state index contributed by atoms with van der Waals surface area (Å²) in [4.78, 5) is 26.0. The van der Waals surface area contributed by atoms with Crippen LogP contribution in [0.3, 0.4) is 0 Å². The summed E-state index contributed by atoms with van der Waals surface area (Å²) in [6, 6.07) is 5.47. The molecule has 114 valence electrons. The van der Waals surface area contributed by atoms with Crippen LogP contribution in [-0.2, 0) is 9.53 Å². The SMILES string of the molecule is CCCC(=O)OC1c2cc(Br)ccc2C(=O)N1CC(C)C. The first-order valence-corrected chi connectivity index (χ1v) is 8.03. The second-order valence-electron chi connectivity index (χ2n) is 5.68. The molecule has 1 amide bonds. The van der Waals surface area contributed by atoms with Gasteiger partial charge in [0, 0.05) is 28.6 Å². The van der Waals surface area contributed by atoms with E-state index < -0.39 is 6.23 Å². The van der Waals surface area contributed by atoms with E-state index in [4.69, 9.17) is 4.74 Å². The summed E-state index contributed by atoms with van der Waals surface area (Å²) >= 11 is 3.41. The number of hydrogen-bond acceptors (Lipinski definition) is 3. The number of ether oxygens (including phenoxy) is 1. The lowest BCUT2D eigenvalue weighted by Gasteiger charge is -2.26. The fraction of sp³-hybridized carbons (Fsp3) is 0.500. The van der Waals surface area contributed by atoms with Crippen molar-refractivity contribution in [1.29, 1.82) is 0 Å². The van der Waals surface area contributed by atoms with Crippen molar-refractivity contribution >= 4 is 27.8 Å². The van der Waals surface area contributed by atoms with Gasteiger partial charge in [0.1, 0.15) is 0 Å². The highest BCUT2D eigenvalue weighted by atomic mass is 79.9. The second-order valence-corrected chi connectivity index (χ2v) is 6.59. The number of rotatable bonds is 5. The van der Waals surface area contributed by atoms with Gasteiger partial charge in [-0.2, -0.15) is 0 Å². The lowest BCUT2D eigenvalue weighted by atomic mass is 10.1. The van der Waals surface area contributed by atoms with Gasteiger partial charge in [-0.1, -0.05) is 36.7 Å². The Hall–Kier alpha value is -1.36. The van der Waals surface area contributed by atoms with E-state index in [-0.39, 0.29) is 11.9 Å². The molecule has 0 saturated heterocycles. The van der Waals surface area contributed by atoms with Crippen LogP contribution in [0.2, 0.25) is 0 Å². The highest BCUT2D eigenvalue weighted by Gasteiger charge is 2.39. The lowest BCUT2D eigenvalue weighted by Crippen LogP contribution is -2.34. The first kappa shape index (κ1) is 16.0. The zero-order chi connectivity index (χ0) is 15.6. The quantitative estimate of drug-likeness (QED) is 0.754. The molecule has 0 N–H and O–H groups in total. The van der Waals surface area contributed by atoms with Crippen LogP contribution in [0.15, 0.2) is 22.7 Å². The third-order valence-corrected chi connectivity index (χ3v) is 3.81. The number of esters is 1. The van der Waals surface area contributed by atoms with E-state index in [0.717, 1.165) is 16.5 Å². The van der Waals surface area contributed by atoms with Gasteiger partial charge >= 0.3 is 5.97 Å². The van der Waals surface area contributed by atoms with Crippen LogP contribution in [0, 0.1) is 5.92 Å². The largest absolute Gasteiger partial charge is 0.437 e. The molecule has 21 heavy (non-hydrogen) atoms. The maximum Gasteiger partial charge on any atom is 0.307 e. The van der Waals surface area contributed by atoms with Crippen molar-refractivity contribution in [2.45, 2.75) is 39.8 Å². The maximum atomic E-state index is 12.5. The number of fused-ring (bicyclic) bond motifs is 1. The van der Waals surface area contributed by atoms with Gasteiger partial charge in [-0.15, -0.1) is 0 Å². The molecule has 0 bridgehead atoms. The molecule has 1 aromatic rings. The van der Waals surface area contributed by atoms with E-state index in [9.17, 15) is 9.59 Å². The molecule has 1 aromatic carbocycles. The molecule has 0 saturated carbocycles. The molecule has 4 nitrogen and oxygen atoms in total. The molecule has 1 atom stereocenters. The minimum Gasteiger partial charge on any atom is -0.437 e. The predicted molar refractivity (Wildman–Crippen MR) is 83.8 cm³/mol. The van der Waals surface area contributed by atoms with E-state index in [1.807, 2.05) is 32.9 Å². The van der Waals surface area contributed by atoms with Crippen LogP contribution < -0.4 is 0 Å². The molecule has 2 rings (SSSR count). The van der Waals surface area contributed by atoms with Gasteiger partial charge in [0.05, 0.1) is 0 Å². The smallest absolute Gasteiger partial charge is 0.307 e. The highest BCUT2D eigenvalue weighted by molar-refractivity contribution is 9.10. The van der Waals surface area contributed by atoms with E-state index in [1.165, 1.54) is 0 Å². The first-order chi connectivity index (χ1) is 9.93. The van der Waals surface area contributed by atoms with Gasteiger partial charge < -0.3 is 4.74 Å². The van der Waals surface area contributed by atoms with Gasteiger partial charge in [-0.05, 0) is 30.5 Å². The van der Waals surface area contributed by atoms with E-state index in [2.05, 4.69) is 15.9 Å². The molecular formula is C16H20BrNO3. The normalized spacial score (nSPS) is 17.3. The Labute approximate surface area is 133 Å². The maximum absolute atomic E-state index is 12.5. The molecule has 0 aliphatic carbocycles. The van der Waals surface area contributed by atoms with Crippen molar-refractivity contribution < 1.29 is 14.3 Å². The van der Waals surface area contributed by atoms with Crippen molar-refractivity contribution in [3.8, 4) is 0 Å². The van der Waals surface area contributed by atoms with E-state index >= 15 is 0 Å². The van der Waals surface area contributed by atoms with Crippen molar-refractivity contribution in [3.05, 3.63) is 33.8 Å². The summed E-state index contributed by atoms with van der Waals surface area (Å²) in [5.41, 5.74) is 1.38. The van der Waals surface area contributed by atoms with Crippen LogP contribution in [0.1, 0.15) is 55.8 Å². The fourth-order valence-corrected chi connectivity index (χ4v) is 2.83. The monoisotopic (exact) mass is 353 g/mol. The minimum absolute atomic E-state index is 0.0690. The van der Waals surface area contributed by atoms with Crippen molar-refractivity contribution in [2.24, 2.45) is 5.92 Å². The topological polar surface area (TPSA) is 46.6 Å². The Balaban J connectivity index is 2.34. The molecule has 1 aliphatic heterocycles. The molecule has 1 unspecified atom stereocenters. The third-order valence-electron chi connectivity index (χ3n) is 3.31. The van der Waals surface area contributed by atoms with E-state index in [1.54, 1.807) is 11.0 Å². The summed E-state index contributed by atoms with van der Waals surface area (Å²) in [6.45, 7) is 6.57. The minimum atomic E-state index is -0.605. The van der Waals surface area contributed by atoms with Crippen LogP contribution in [0.4, 0.5) is 0 Å². The Morgan fingerprint density at radius 2 is 2.14 bits per heavy atom. The molecule has 1 heterocycles. The molecule has 0 radical (unpaired) electrons. The van der Waals surface area contributed by atoms with Crippen molar-refractivity contribution in [3.63, 3.8) is 0 Å². The van der Waals surface area contributed by atoms with Crippen LogP contribution >= 0.6 is 15.9 Å². The molecule has 0 aromatic heterocycles. The average molecular weight is 354 g/mol. The van der Waals surface area contributed by atoms with Crippen LogP contribution in [0.5, 0.6) is 0 Å². The second kappa shape index (κ2) is 6.60. The molecule has 5 heteroatoms. The molecule has 0 spiro atoms. The Morgan fingerprint density at radius 3 is 2.76 bits per heavy atom. The Kier molecular flexibility index (Phi) is 5.04. The summed E-state index contributed by atoms with van der Waals surface area (Å²) < 4.78 is 6.43. The van der Waals surface area contributed by atoms with Crippen LogP contribution in [0.25, 0.3) is 0 Å². The van der Waals surface area contributed by atoms with Gasteiger partial charge in [-0.25, -0.2) is 0 Å². The van der Waals surface area contributed by atoms with E-state index in [0.29, 0.717) is 24.4 Å². The van der Waals surface area contributed by atoms with Crippen LogP contribution in [-0.4, -0.2) is 23.3 Å². The molecule has 0 fully saturated rings. The van der Waals surface area contributed by atoms with Crippen molar-refractivity contribution in [1.82, 2.24) is 4.90 Å². The third kappa shape index (κ3) is 3.46. The Bertz CT molecular complexity index is 556. The van der Waals surface area contributed by atoms with Gasteiger partial charge in [0.15, 0.2) is 0 Å². The first-order valence-electron chi connectivity index (χ1n) is 7.24.